The molecule has 3 amide bonds. The van der Waals surface area contributed by atoms with Crippen LogP contribution in [0.15, 0.2) is 36.4 Å². The van der Waals surface area contributed by atoms with Gasteiger partial charge in [-0.2, -0.15) is 0 Å². The molecule has 202 valence electrons. The van der Waals surface area contributed by atoms with E-state index in [2.05, 4.69) is 5.32 Å². The first-order chi connectivity index (χ1) is 17.6. The van der Waals surface area contributed by atoms with Crippen LogP contribution in [-0.2, 0) is 19.1 Å². The van der Waals surface area contributed by atoms with Crippen LogP contribution >= 0.6 is 0 Å². The molecule has 0 radical (unpaired) electrons. The minimum absolute atomic E-state index is 0.0918. The van der Waals surface area contributed by atoms with E-state index in [4.69, 9.17) is 9.47 Å². The Kier molecular flexibility index (Phi) is 9.72. The van der Waals surface area contributed by atoms with E-state index in [0.29, 0.717) is 50.5 Å². The first-order valence-electron chi connectivity index (χ1n) is 13.1. The molecule has 0 aliphatic carbocycles. The largest absolute Gasteiger partial charge is 0.462 e. The van der Waals surface area contributed by atoms with Crippen molar-refractivity contribution in [2.75, 3.05) is 38.1 Å². The van der Waals surface area contributed by atoms with Gasteiger partial charge in [-0.05, 0) is 89.6 Å². The van der Waals surface area contributed by atoms with Crippen molar-refractivity contribution in [3.8, 4) is 0 Å². The minimum atomic E-state index is -0.516. The van der Waals surface area contributed by atoms with Gasteiger partial charge in [-0.15, -0.1) is 0 Å². The fraction of sp³-hybridized carbons (Fsp3) is 0.571. The Morgan fingerprint density at radius 3 is 2.30 bits per heavy atom. The average molecular weight is 514 g/mol. The first-order valence-corrected chi connectivity index (χ1v) is 13.1. The maximum absolute atomic E-state index is 12.8. The molecular weight excluding hydrogens is 474 g/mol. The summed E-state index contributed by atoms with van der Waals surface area (Å²) >= 11 is 0. The molecule has 2 aliphatic rings. The molecule has 2 fully saturated rings. The number of esters is 1. The molecule has 1 N–H and O–H groups in total. The topological polar surface area (TPSA) is 105 Å². The molecule has 9 heteroatoms. The van der Waals surface area contributed by atoms with Gasteiger partial charge in [0.15, 0.2) is 0 Å². The fourth-order valence-electron chi connectivity index (χ4n) is 4.46. The van der Waals surface area contributed by atoms with Gasteiger partial charge in [0.25, 0.3) is 0 Å². The Balaban J connectivity index is 1.46. The molecule has 37 heavy (non-hydrogen) atoms. The van der Waals surface area contributed by atoms with Crippen molar-refractivity contribution in [3.05, 3.63) is 42.0 Å². The predicted octanol–water partition coefficient (Wildman–Crippen LogP) is 4.24. The maximum atomic E-state index is 12.8. The molecule has 2 heterocycles. The number of hydrogen-bond donors (Lipinski definition) is 1. The number of hydrogen-bond acceptors (Lipinski definition) is 6. The number of allylic oxidation sites excluding steroid dienone is 1. The fourth-order valence-corrected chi connectivity index (χ4v) is 4.46. The standard InChI is InChI=1S/C28H39N3O6/c1-5-36-26(34)21-9-11-23(12-10-21)29-25(33)22-7-6-16-31(19-22)24(32)13-8-20-14-17-30(18-15-20)27(35)37-28(2,3)4/h8-13,20,22H,5-7,14-19H2,1-4H3,(H,29,33). The number of benzene rings is 1. The van der Waals surface area contributed by atoms with Crippen LogP contribution in [0.3, 0.4) is 0 Å². The minimum Gasteiger partial charge on any atom is -0.462 e. The highest BCUT2D eigenvalue weighted by atomic mass is 16.6. The summed E-state index contributed by atoms with van der Waals surface area (Å²) in [5, 5.41) is 2.89. The van der Waals surface area contributed by atoms with Crippen LogP contribution in [0.2, 0.25) is 0 Å². The Labute approximate surface area is 219 Å². The number of nitrogens with zero attached hydrogens (tertiary/aromatic N) is 2. The van der Waals surface area contributed by atoms with Crippen molar-refractivity contribution in [1.29, 1.82) is 0 Å². The lowest BCUT2D eigenvalue weighted by molar-refractivity contribution is -0.130. The number of carbonyl (C=O) groups is 4. The van der Waals surface area contributed by atoms with Gasteiger partial charge in [-0.1, -0.05) is 6.08 Å². The molecule has 3 rings (SSSR count). The second-order valence-electron chi connectivity index (χ2n) is 10.6. The molecule has 1 aromatic rings. The summed E-state index contributed by atoms with van der Waals surface area (Å²) in [6.45, 7) is 9.80. The lowest BCUT2D eigenvalue weighted by Crippen LogP contribution is -2.43. The molecule has 1 unspecified atom stereocenters. The highest BCUT2D eigenvalue weighted by Gasteiger charge is 2.29. The van der Waals surface area contributed by atoms with E-state index in [0.717, 1.165) is 19.3 Å². The molecule has 2 saturated heterocycles. The van der Waals surface area contributed by atoms with E-state index in [1.807, 2.05) is 26.8 Å². The normalized spacial score (nSPS) is 19.0. The lowest BCUT2D eigenvalue weighted by Gasteiger charge is -2.33. The van der Waals surface area contributed by atoms with Gasteiger partial charge in [0.05, 0.1) is 18.1 Å². The van der Waals surface area contributed by atoms with Crippen LogP contribution < -0.4 is 5.32 Å². The number of likely N-dealkylation sites (tertiary alicyclic amines) is 2. The van der Waals surface area contributed by atoms with Crippen molar-refractivity contribution < 1.29 is 28.7 Å². The third-order valence-corrected chi connectivity index (χ3v) is 6.47. The van der Waals surface area contributed by atoms with Gasteiger partial charge in [-0.3, -0.25) is 9.59 Å². The van der Waals surface area contributed by atoms with E-state index >= 15 is 0 Å². The van der Waals surface area contributed by atoms with E-state index in [-0.39, 0.29) is 29.7 Å². The Hall–Kier alpha value is -3.36. The molecular formula is C28H39N3O6. The molecule has 2 aliphatic heterocycles. The van der Waals surface area contributed by atoms with Crippen LogP contribution in [0.5, 0.6) is 0 Å². The van der Waals surface area contributed by atoms with E-state index in [1.165, 1.54) is 0 Å². The molecule has 1 atom stereocenters. The zero-order valence-corrected chi connectivity index (χ0v) is 22.3. The molecule has 9 nitrogen and oxygen atoms in total. The molecule has 0 spiro atoms. The van der Waals surface area contributed by atoms with Gasteiger partial charge < -0.3 is 24.6 Å². The first kappa shape index (κ1) is 28.2. The summed E-state index contributed by atoms with van der Waals surface area (Å²) in [7, 11) is 0. The van der Waals surface area contributed by atoms with Crippen LogP contribution in [-0.4, -0.2) is 72.1 Å². The average Bonchev–Trinajstić information content (AvgIpc) is 2.87. The van der Waals surface area contributed by atoms with Crippen molar-refractivity contribution in [3.63, 3.8) is 0 Å². The van der Waals surface area contributed by atoms with Gasteiger partial charge in [0.2, 0.25) is 11.8 Å². The second kappa shape index (κ2) is 12.7. The van der Waals surface area contributed by atoms with Crippen LogP contribution in [0, 0.1) is 11.8 Å². The van der Waals surface area contributed by atoms with E-state index in [9.17, 15) is 19.2 Å². The van der Waals surface area contributed by atoms with Crippen molar-refractivity contribution in [2.24, 2.45) is 11.8 Å². The second-order valence-corrected chi connectivity index (χ2v) is 10.6. The summed E-state index contributed by atoms with van der Waals surface area (Å²) in [5.74, 6) is -0.703. The third-order valence-electron chi connectivity index (χ3n) is 6.47. The maximum Gasteiger partial charge on any atom is 0.410 e. The molecule has 0 bridgehead atoms. The van der Waals surface area contributed by atoms with Crippen LogP contribution in [0.4, 0.5) is 10.5 Å². The van der Waals surface area contributed by atoms with Gasteiger partial charge >= 0.3 is 12.1 Å². The van der Waals surface area contributed by atoms with Gasteiger partial charge in [0, 0.05) is 31.9 Å². The monoisotopic (exact) mass is 513 g/mol. The number of amides is 3. The summed E-state index contributed by atoms with van der Waals surface area (Å²) in [4.78, 5) is 53.1. The van der Waals surface area contributed by atoms with Crippen molar-refractivity contribution in [1.82, 2.24) is 9.80 Å². The van der Waals surface area contributed by atoms with Gasteiger partial charge in [0.1, 0.15) is 5.60 Å². The van der Waals surface area contributed by atoms with Crippen molar-refractivity contribution in [2.45, 2.75) is 59.0 Å². The highest BCUT2D eigenvalue weighted by Crippen LogP contribution is 2.22. The lowest BCUT2D eigenvalue weighted by atomic mass is 9.95. The zero-order valence-electron chi connectivity index (χ0n) is 22.3. The molecule has 1 aromatic carbocycles. The quantitative estimate of drug-likeness (QED) is 0.451. The third kappa shape index (κ3) is 8.61. The number of anilines is 1. The number of piperidine rings is 2. The molecule has 0 aromatic heterocycles. The number of ether oxygens (including phenoxy) is 2. The van der Waals surface area contributed by atoms with Crippen molar-refractivity contribution >= 4 is 29.6 Å². The Morgan fingerprint density at radius 1 is 1.00 bits per heavy atom. The van der Waals surface area contributed by atoms with Crippen LogP contribution in [0.1, 0.15) is 63.7 Å². The summed E-state index contributed by atoms with van der Waals surface area (Å²) < 4.78 is 10.4. The van der Waals surface area contributed by atoms with E-state index in [1.54, 1.807) is 47.1 Å². The Morgan fingerprint density at radius 2 is 1.68 bits per heavy atom. The number of carbonyl (C=O) groups excluding carboxylic acids is 4. The van der Waals surface area contributed by atoms with Crippen LogP contribution in [0.25, 0.3) is 0 Å². The smallest absolute Gasteiger partial charge is 0.410 e. The number of rotatable bonds is 6. The SMILES string of the molecule is CCOC(=O)c1ccc(NC(=O)C2CCCN(C(=O)C=CC3CCN(C(=O)OC(C)(C)C)CC3)C2)cc1. The number of nitrogens with one attached hydrogen (secondary N) is 1. The summed E-state index contributed by atoms with van der Waals surface area (Å²) in [6, 6.07) is 6.58. The highest BCUT2D eigenvalue weighted by molar-refractivity contribution is 5.95. The van der Waals surface area contributed by atoms with Gasteiger partial charge in [-0.25, -0.2) is 9.59 Å². The molecule has 0 saturated carbocycles. The summed E-state index contributed by atoms with van der Waals surface area (Å²) in [6.07, 6.45) is 6.29. The Bertz CT molecular complexity index is 990. The van der Waals surface area contributed by atoms with E-state index < -0.39 is 11.6 Å². The zero-order chi connectivity index (χ0) is 27.0. The predicted molar refractivity (Wildman–Crippen MR) is 140 cm³/mol. The summed E-state index contributed by atoms with van der Waals surface area (Å²) in [5.41, 5.74) is 0.508.